The third kappa shape index (κ3) is 3.87. The van der Waals surface area contributed by atoms with Gasteiger partial charge in [0, 0.05) is 42.2 Å². The molecule has 0 bridgehead atoms. The van der Waals surface area contributed by atoms with Gasteiger partial charge in [0.05, 0.1) is 14.2 Å². The number of carbonyl (C=O) groups is 1. The van der Waals surface area contributed by atoms with E-state index < -0.39 is 10.0 Å². The van der Waals surface area contributed by atoms with Crippen LogP contribution in [0.5, 0.6) is 11.5 Å². The minimum Gasteiger partial charge on any atom is -0.496 e. The van der Waals surface area contributed by atoms with Gasteiger partial charge in [-0.2, -0.15) is 4.31 Å². The SMILES string of the molecule is COc1cc(C(=O)N2CCN(S(=O)(=O)c3ccc(C)s3)CC2)cc(OC)c1C. The molecule has 0 N–H and O–H groups in total. The second-order valence-corrected chi connectivity index (χ2v) is 10.0. The van der Waals surface area contributed by atoms with E-state index in [2.05, 4.69) is 0 Å². The summed E-state index contributed by atoms with van der Waals surface area (Å²) in [4.78, 5) is 15.5. The molecule has 3 rings (SSSR count). The van der Waals surface area contributed by atoms with Crippen molar-refractivity contribution in [3.8, 4) is 11.5 Å². The molecular formula is C19H24N2O5S2. The number of piperazine rings is 1. The van der Waals surface area contributed by atoms with Crippen LogP contribution < -0.4 is 9.47 Å². The van der Waals surface area contributed by atoms with E-state index >= 15 is 0 Å². The average Bonchev–Trinajstić information content (AvgIpc) is 3.15. The van der Waals surface area contributed by atoms with E-state index in [0.717, 1.165) is 10.4 Å². The van der Waals surface area contributed by atoms with Crippen LogP contribution in [-0.2, 0) is 10.0 Å². The van der Waals surface area contributed by atoms with Crippen LogP contribution >= 0.6 is 11.3 Å². The Labute approximate surface area is 169 Å². The van der Waals surface area contributed by atoms with Crippen LogP contribution in [0.25, 0.3) is 0 Å². The minimum absolute atomic E-state index is 0.166. The number of sulfonamides is 1. The van der Waals surface area contributed by atoms with Gasteiger partial charge < -0.3 is 14.4 Å². The monoisotopic (exact) mass is 424 g/mol. The Morgan fingerprint density at radius 1 is 1.00 bits per heavy atom. The first kappa shape index (κ1) is 20.6. The number of rotatable bonds is 5. The fourth-order valence-corrected chi connectivity index (χ4v) is 6.06. The molecule has 28 heavy (non-hydrogen) atoms. The molecule has 0 unspecified atom stereocenters. The van der Waals surface area contributed by atoms with E-state index in [1.807, 2.05) is 13.8 Å². The highest BCUT2D eigenvalue weighted by molar-refractivity contribution is 7.91. The number of amides is 1. The molecule has 7 nitrogen and oxygen atoms in total. The lowest BCUT2D eigenvalue weighted by molar-refractivity contribution is 0.0697. The zero-order chi connectivity index (χ0) is 20.5. The summed E-state index contributed by atoms with van der Waals surface area (Å²) < 4.78 is 38.0. The Kier molecular flexibility index (Phi) is 5.97. The maximum absolute atomic E-state index is 12.9. The Morgan fingerprint density at radius 3 is 2.04 bits per heavy atom. The first-order valence-electron chi connectivity index (χ1n) is 8.86. The van der Waals surface area contributed by atoms with Gasteiger partial charge in [-0.15, -0.1) is 11.3 Å². The van der Waals surface area contributed by atoms with Gasteiger partial charge in [0.2, 0.25) is 0 Å². The summed E-state index contributed by atoms with van der Waals surface area (Å²) in [7, 11) is -0.413. The number of benzene rings is 1. The maximum atomic E-state index is 12.9. The van der Waals surface area contributed by atoms with Gasteiger partial charge >= 0.3 is 0 Å². The number of ether oxygens (including phenoxy) is 2. The number of thiophene rings is 1. The molecule has 0 atom stereocenters. The van der Waals surface area contributed by atoms with Crippen molar-refractivity contribution in [2.24, 2.45) is 0 Å². The smallest absolute Gasteiger partial charge is 0.254 e. The first-order chi connectivity index (χ1) is 13.3. The molecule has 1 aromatic heterocycles. The van der Waals surface area contributed by atoms with Crippen molar-refractivity contribution in [2.75, 3.05) is 40.4 Å². The van der Waals surface area contributed by atoms with E-state index in [1.165, 1.54) is 15.6 Å². The lowest BCUT2D eigenvalue weighted by Gasteiger charge is -2.33. The summed E-state index contributed by atoms with van der Waals surface area (Å²) in [6.07, 6.45) is 0. The number of hydrogen-bond donors (Lipinski definition) is 0. The van der Waals surface area contributed by atoms with E-state index in [-0.39, 0.29) is 19.0 Å². The Bertz CT molecular complexity index is 951. The highest BCUT2D eigenvalue weighted by Crippen LogP contribution is 2.30. The Balaban J connectivity index is 1.74. The van der Waals surface area contributed by atoms with Crippen molar-refractivity contribution in [3.05, 3.63) is 40.3 Å². The number of hydrogen-bond acceptors (Lipinski definition) is 6. The van der Waals surface area contributed by atoms with Crippen LogP contribution in [0.1, 0.15) is 20.8 Å². The summed E-state index contributed by atoms with van der Waals surface area (Å²) in [5.41, 5.74) is 1.29. The summed E-state index contributed by atoms with van der Waals surface area (Å²) in [5.74, 6) is 0.995. The van der Waals surface area contributed by atoms with Crippen LogP contribution in [0, 0.1) is 13.8 Å². The standard InChI is InChI=1S/C19H24N2O5S2/c1-13-5-6-18(27-13)28(23,24)21-9-7-20(8-10-21)19(22)15-11-16(25-3)14(2)17(12-15)26-4/h5-6,11-12H,7-10H2,1-4H3. The molecular weight excluding hydrogens is 400 g/mol. The topological polar surface area (TPSA) is 76.2 Å². The molecule has 2 heterocycles. The van der Waals surface area contributed by atoms with E-state index in [9.17, 15) is 13.2 Å². The van der Waals surface area contributed by atoms with Gasteiger partial charge in [-0.1, -0.05) is 0 Å². The number of methoxy groups -OCH3 is 2. The highest BCUT2D eigenvalue weighted by atomic mass is 32.2. The average molecular weight is 425 g/mol. The molecule has 1 amide bonds. The van der Waals surface area contributed by atoms with E-state index in [4.69, 9.17) is 9.47 Å². The van der Waals surface area contributed by atoms with E-state index in [1.54, 1.807) is 43.4 Å². The molecule has 152 valence electrons. The minimum atomic E-state index is -3.51. The van der Waals surface area contributed by atoms with Crippen LogP contribution in [0.15, 0.2) is 28.5 Å². The van der Waals surface area contributed by atoms with Crippen molar-refractivity contribution in [3.63, 3.8) is 0 Å². The third-order valence-corrected chi connectivity index (χ3v) is 8.20. The highest BCUT2D eigenvalue weighted by Gasteiger charge is 2.31. The van der Waals surface area contributed by atoms with Gasteiger partial charge in [-0.3, -0.25) is 4.79 Å². The normalized spacial score (nSPS) is 15.5. The Morgan fingerprint density at radius 2 is 1.57 bits per heavy atom. The van der Waals surface area contributed by atoms with Crippen molar-refractivity contribution in [1.29, 1.82) is 0 Å². The molecule has 0 spiro atoms. The number of carbonyl (C=O) groups excluding carboxylic acids is 1. The van der Waals surface area contributed by atoms with Gasteiger partial charge in [0.25, 0.3) is 15.9 Å². The van der Waals surface area contributed by atoms with Crippen LogP contribution in [0.2, 0.25) is 0 Å². The molecule has 1 aliphatic heterocycles. The largest absolute Gasteiger partial charge is 0.496 e. The molecule has 0 aliphatic carbocycles. The molecule has 0 radical (unpaired) electrons. The third-order valence-electron chi connectivity index (χ3n) is 4.83. The lowest BCUT2D eigenvalue weighted by Crippen LogP contribution is -2.50. The summed E-state index contributed by atoms with van der Waals surface area (Å²) >= 11 is 1.26. The van der Waals surface area contributed by atoms with Gasteiger partial charge in [-0.05, 0) is 38.1 Å². The van der Waals surface area contributed by atoms with Crippen LogP contribution in [-0.4, -0.2) is 63.9 Å². The fraction of sp³-hybridized carbons (Fsp3) is 0.421. The second kappa shape index (κ2) is 8.10. The lowest BCUT2D eigenvalue weighted by atomic mass is 10.1. The van der Waals surface area contributed by atoms with Gasteiger partial charge in [-0.25, -0.2) is 8.42 Å². The predicted molar refractivity (Wildman–Crippen MR) is 108 cm³/mol. The molecule has 1 aliphatic rings. The number of nitrogens with zero attached hydrogens (tertiary/aromatic N) is 2. The molecule has 1 fully saturated rings. The van der Waals surface area contributed by atoms with Crippen molar-refractivity contribution < 1.29 is 22.7 Å². The zero-order valence-electron chi connectivity index (χ0n) is 16.4. The first-order valence-corrected chi connectivity index (χ1v) is 11.1. The summed E-state index contributed by atoms with van der Waals surface area (Å²) in [6.45, 7) is 4.95. The quantitative estimate of drug-likeness (QED) is 0.737. The summed E-state index contributed by atoms with van der Waals surface area (Å²) in [6, 6.07) is 6.82. The second-order valence-electron chi connectivity index (χ2n) is 6.57. The maximum Gasteiger partial charge on any atom is 0.254 e. The van der Waals surface area contributed by atoms with Crippen LogP contribution in [0.4, 0.5) is 0 Å². The number of aryl methyl sites for hydroxylation is 1. The van der Waals surface area contributed by atoms with E-state index in [0.29, 0.717) is 34.4 Å². The molecule has 9 heteroatoms. The van der Waals surface area contributed by atoms with Gasteiger partial charge in [0.1, 0.15) is 15.7 Å². The zero-order valence-corrected chi connectivity index (χ0v) is 18.0. The molecule has 2 aromatic rings. The van der Waals surface area contributed by atoms with Crippen LogP contribution in [0.3, 0.4) is 0 Å². The predicted octanol–water partition coefficient (Wildman–Crippen LogP) is 2.53. The molecule has 1 aromatic carbocycles. The van der Waals surface area contributed by atoms with Gasteiger partial charge in [0.15, 0.2) is 0 Å². The molecule has 0 saturated carbocycles. The Hall–Kier alpha value is -2.10. The summed E-state index contributed by atoms with van der Waals surface area (Å²) in [5, 5.41) is 0. The molecule has 1 saturated heterocycles. The fourth-order valence-electron chi connectivity index (χ4n) is 3.20. The van der Waals surface area contributed by atoms with Crippen molar-refractivity contribution >= 4 is 27.3 Å². The van der Waals surface area contributed by atoms with Crippen molar-refractivity contribution in [2.45, 2.75) is 18.1 Å². The van der Waals surface area contributed by atoms with Crippen molar-refractivity contribution in [1.82, 2.24) is 9.21 Å².